The third-order valence-corrected chi connectivity index (χ3v) is 5.76. The SMILES string of the molecule is C=CCc1cc(/C=C(/C#N)C(=O)Nc2cccc(C(=O)O)c2)cc(OC)c1OCc1ccc(Cl)cc1Cl. The number of rotatable bonds is 10. The first kappa shape index (κ1) is 27.3. The van der Waals surface area contributed by atoms with Gasteiger partial charge in [0.25, 0.3) is 5.91 Å². The van der Waals surface area contributed by atoms with Crippen molar-refractivity contribution in [1.29, 1.82) is 5.26 Å². The normalized spacial score (nSPS) is 10.8. The summed E-state index contributed by atoms with van der Waals surface area (Å²) in [4.78, 5) is 23.9. The third kappa shape index (κ3) is 7.14. The summed E-state index contributed by atoms with van der Waals surface area (Å²) in [7, 11) is 1.48. The lowest BCUT2D eigenvalue weighted by Crippen LogP contribution is -2.14. The van der Waals surface area contributed by atoms with E-state index < -0.39 is 11.9 Å². The van der Waals surface area contributed by atoms with E-state index in [-0.39, 0.29) is 23.4 Å². The van der Waals surface area contributed by atoms with Crippen LogP contribution in [0.4, 0.5) is 5.69 Å². The minimum absolute atomic E-state index is 0.00886. The molecular formula is C28H22Cl2N2O5. The van der Waals surface area contributed by atoms with Crippen molar-refractivity contribution >= 4 is 46.8 Å². The molecule has 188 valence electrons. The van der Waals surface area contributed by atoms with Crippen LogP contribution < -0.4 is 14.8 Å². The number of aromatic carboxylic acids is 1. The molecule has 0 aliphatic heterocycles. The van der Waals surface area contributed by atoms with Crippen molar-refractivity contribution < 1.29 is 24.2 Å². The number of nitrogens with zero attached hydrogens (tertiary/aromatic N) is 1. The molecule has 3 aromatic rings. The molecule has 7 nitrogen and oxygen atoms in total. The number of carbonyl (C=O) groups is 2. The van der Waals surface area contributed by atoms with Gasteiger partial charge in [-0.2, -0.15) is 5.26 Å². The van der Waals surface area contributed by atoms with E-state index in [4.69, 9.17) is 37.8 Å². The van der Waals surface area contributed by atoms with E-state index >= 15 is 0 Å². The monoisotopic (exact) mass is 536 g/mol. The Balaban J connectivity index is 1.90. The van der Waals surface area contributed by atoms with Crippen molar-refractivity contribution in [2.45, 2.75) is 13.0 Å². The summed E-state index contributed by atoms with van der Waals surface area (Å²) in [6.45, 7) is 3.95. The number of benzene rings is 3. The van der Waals surface area contributed by atoms with Gasteiger partial charge in [0.2, 0.25) is 0 Å². The summed E-state index contributed by atoms with van der Waals surface area (Å²) in [5, 5.41) is 22.3. The van der Waals surface area contributed by atoms with Crippen LogP contribution >= 0.6 is 23.2 Å². The van der Waals surface area contributed by atoms with Crippen LogP contribution in [-0.2, 0) is 17.8 Å². The molecule has 0 atom stereocenters. The maximum atomic E-state index is 12.7. The quantitative estimate of drug-likeness (QED) is 0.172. The molecule has 0 spiro atoms. The van der Waals surface area contributed by atoms with E-state index in [1.165, 1.54) is 37.5 Å². The van der Waals surface area contributed by atoms with Gasteiger partial charge in [-0.1, -0.05) is 41.4 Å². The standard InChI is InChI=1S/C28H22Cl2N2O5/c1-3-5-18-10-17(11-21(15-31)27(33)32-23-7-4-6-19(13-23)28(34)35)12-25(36-2)26(18)37-16-20-8-9-22(29)14-24(20)30/h3-4,6-14H,1,5,16H2,2H3,(H,32,33)(H,34,35)/b21-11-. The third-order valence-electron chi connectivity index (χ3n) is 5.17. The number of ether oxygens (including phenoxy) is 2. The van der Waals surface area contributed by atoms with Crippen molar-refractivity contribution in [2.24, 2.45) is 0 Å². The first-order chi connectivity index (χ1) is 17.7. The van der Waals surface area contributed by atoms with Crippen LogP contribution in [0.15, 0.2) is 72.8 Å². The van der Waals surface area contributed by atoms with Crippen LogP contribution in [0.25, 0.3) is 6.08 Å². The van der Waals surface area contributed by atoms with Crippen LogP contribution in [0, 0.1) is 11.3 Å². The number of hydrogen-bond donors (Lipinski definition) is 2. The van der Waals surface area contributed by atoms with Gasteiger partial charge in [0.15, 0.2) is 11.5 Å². The number of nitrogens with one attached hydrogen (secondary N) is 1. The Hall–Kier alpha value is -4.25. The van der Waals surface area contributed by atoms with Gasteiger partial charge in [0.1, 0.15) is 18.2 Å². The fourth-order valence-electron chi connectivity index (χ4n) is 3.42. The lowest BCUT2D eigenvalue weighted by molar-refractivity contribution is -0.112. The molecule has 0 fully saturated rings. The molecule has 3 rings (SSSR count). The molecule has 0 heterocycles. The van der Waals surface area contributed by atoms with Crippen molar-refractivity contribution in [3.05, 3.63) is 105 Å². The predicted molar refractivity (Wildman–Crippen MR) is 143 cm³/mol. The first-order valence-corrected chi connectivity index (χ1v) is 11.7. The molecule has 0 radical (unpaired) electrons. The Kier molecular flexibility index (Phi) is 9.33. The summed E-state index contributed by atoms with van der Waals surface area (Å²) < 4.78 is 11.6. The minimum atomic E-state index is -1.13. The molecule has 0 saturated carbocycles. The summed E-state index contributed by atoms with van der Waals surface area (Å²) in [6.07, 6.45) is 3.53. The van der Waals surface area contributed by atoms with Gasteiger partial charge in [-0.15, -0.1) is 6.58 Å². The number of halogens is 2. The minimum Gasteiger partial charge on any atom is -0.493 e. The zero-order valence-electron chi connectivity index (χ0n) is 19.8. The maximum absolute atomic E-state index is 12.7. The highest BCUT2D eigenvalue weighted by Crippen LogP contribution is 2.35. The number of carbonyl (C=O) groups excluding carboxylic acids is 1. The molecule has 0 bridgehead atoms. The lowest BCUT2D eigenvalue weighted by Gasteiger charge is -2.16. The largest absolute Gasteiger partial charge is 0.493 e. The highest BCUT2D eigenvalue weighted by atomic mass is 35.5. The molecule has 0 aromatic heterocycles. The second-order valence-electron chi connectivity index (χ2n) is 7.74. The van der Waals surface area contributed by atoms with E-state index in [2.05, 4.69) is 11.9 Å². The molecule has 2 N–H and O–H groups in total. The molecule has 9 heteroatoms. The lowest BCUT2D eigenvalue weighted by atomic mass is 10.0. The molecule has 0 unspecified atom stereocenters. The van der Waals surface area contributed by atoms with Gasteiger partial charge < -0.3 is 19.9 Å². The summed E-state index contributed by atoms with van der Waals surface area (Å²) in [6, 6.07) is 16.1. The molecule has 0 aliphatic carbocycles. The van der Waals surface area contributed by atoms with Crippen LogP contribution in [0.3, 0.4) is 0 Å². The second-order valence-corrected chi connectivity index (χ2v) is 8.58. The number of anilines is 1. The first-order valence-electron chi connectivity index (χ1n) is 10.9. The summed E-state index contributed by atoms with van der Waals surface area (Å²) in [5.41, 5.74) is 2.05. The van der Waals surface area contributed by atoms with Crippen molar-refractivity contribution in [1.82, 2.24) is 0 Å². The predicted octanol–water partition coefficient (Wildman–Crippen LogP) is 6.55. The maximum Gasteiger partial charge on any atom is 0.335 e. The van der Waals surface area contributed by atoms with Gasteiger partial charge in [0, 0.05) is 26.9 Å². The van der Waals surface area contributed by atoms with E-state index in [0.29, 0.717) is 33.5 Å². The fraction of sp³-hybridized carbons (Fsp3) is 0.107. The van der Waals surface area contributed by atoms with Gasteiger partial charge in [-0.3, -0.25) is 4.79 Å². The number of carboxylic acid groups (broad SMARTS) is 1. The Morgan fingerprint density at radius 2 is 1.92 bits per heavy atom. The summed E-state index contributed by atoms with van der Waals surface area (Å²) in [5.74, 6) is -0.955. The zero-order chi connectivity index (χ0) is 26.9. The molecule has 0 saturated heterocycles. The zero-order valence-corrected chi connectivity index (χ0v) is 21.3. The Labute approximate surface area is 224 Å². The van der Waals surface area contributed by atoms with Crippen molar-refractivity contribution in [3.8, 4) is 17.6 Å². The smallest absolute Gasteiger partial charge is 0.335 e. The summed E-state index contributed by atoms with van der Waals surface area (Å²) >= 11 is 12.2. The number of nitriles is 1. The highest BCUT2D eigenvalue weighted by molar-refractivity contribution is 6.35. The fourth-order valence-corrected chi connectivity index (χ4v) is 3.88. The van der Waals surface area contributed by atoms with E-state index in [9.17, 15) is 14.9 Å². The molecule has 1 amide bonds. The van der Waals surface area contributed by atoms with Crippen molar-refractivity contribution in [2.75, 3.05) is 12.4 Å². The average molecular weight is 537 g/mol. The number of carboxylic acids is 1. The number of methoxy groups -OCH3 is 1. The number of amides is 1. The highest BCUT2D eigenvalue weighted by Gasteiger charge is 2.16. The molecule has 0 aliphatic rings. The van der Waals surface area contributed by atoms with Crippen LogP contribution in [0.1, 0.15) is 27.0 Å². The van der Waals surface area contributed by atoms with Crippen LogP contribution in [0.2, 0.25) is 10.0 Å². The van der Waals surface area contributed by atoms with Gasteiger partial charge in [-0.05, 0) is 60.5 Å². The van der Waals surface area contributed by atoms with E-state index in [1.807, 2.05) is 6.07 Å². The van der Waals surface area contributed by atoms with Gasteiger partial charge >= 0.3 is 5.97 Å². The second kappa shape index (κ2) is 12.6. The molecule has 37 heavy (non-hydrogen) atoms. The molecular weight excluding hydrogens is 515 g/mol. The van der Waals surface area contributed by atoms with Gasteiger partial charge in [-0.25, -0.2) is 4.79 Å². The van der Waals surface area contributed by atoms with E-state index in [0.717, 1.165) is 11.1 Å². The average Bonchev–Trinajstić information content (AvgIpc) is 2.87. The van der Waals surface area contributed by atoms with Crippen molar-refractivity contribution in [3.63, 3.8) is 0 Å². The van der Waals surface area contributed by atoms with Gasteiger partial charge in [0.05, 0.1) is 12.7 Å². The number of allylic oxidation sites excluding steroid dienone is 1. The Morgan fingerprint density at radius 3 is 2.57 bits per heavy atom. The van der Waals surface area contributed by atoms with Crippen LogP contribution in [0.5, 0.6) is 11.5 Å². The Morgan fingerprint density at radius 1 is 1.14 bits per heavy atom. The van der Waals surface area contributed by atoms with Crippen LogP contribution in [-0.4, -0.2) is 24.1 Å². The number of hydrogen-bond acceptors (Lipinski definition) is 5. The Bertz CT molecular complexity index is 1430. The molecule has 3 aromatic carbocycles. The topological polar surface area (TPSA) is 109 Å². The van der Waals surface area contributed by atoms with E-state index in [1.54, 1.807) is 36.4 Å².